The van der Waals surface area contributed by atoms with Gasteiger partial charge in [0.05, 0.1) is 22.4 Å². The molecule has 4 rings (SSSR count). The first-order valence-corrected chi connectivity index (χ1v) is 7.89. The normalized spacial score (nSPS) is 21.4. The average Bonchev–Trinajstić information content (AvgIpc) is 3.17. The van der Waals surface area contributed by atoms with Crippen molar-refractivity contribution in [2.75, 3.05) is 18.0 Å². The summed E-state index contributed by atoms with van der Waals surface area (Å²) in [5.41, 5.74) is 2.58. The van der Waals surface area contributed by atoms with Crippen molar-refractivity contribution in [2.24, 2.45) is 0 Å². The van der Waals surface area contributed by atoms with E-state index in [9.17, 15) is 0 Å². The van der Waals surface area contributed by atoms with Gasteiger partial charge in [-0.05, 0) is 53.2 Å². The van der Waals surface area contributed by atoms with Crippen molar-refractivity contribution in [3.63, 3.8) is 0 Å². The number of anilines is 1. The smallest absolute Gasteiger partial charge is 0.151 e. The van der Waals surface area contributed by atoms with Crippen molar-refractivity contribution in [2.45, 2.75) is 31.7 Å². The van der Waals surface area contributed by atoms with Gasteiger partial charge in [-0.2, -0.15) is 10.2 Å². The molecular formula is C14H16BrN5. The summed E-state index contributed by atoms with van der Waals surface area (Å²) in [4.78, 5) is 2.33. The highest BCUT2D eigenvalue weighted by Gasteiger charge is 2.26. The fourth-order valence-electron chi connectivity index (χ4n) is 3.15. The maximum atomic E-state index is 4.40. The summed E-state index contributed by atoms with van der Waals surface area (Å²) >= 11 is 3.45. The second-order valence-corrected chi connectivity index (χ2v) is 6.47. The molecule has 1 aliphatic carbocycles. The minimum Gasteiger partial charge on any atom is -0.353 e. The zero-order valence-corrected chi connectivity index (χ0v) is 12.8. The first-order chi connectivity index (χ1) is 9.79. The Kier molecular flexibility index (Phi) is 2.98. The molecule has 2 aromatic heterocycles. The largest absolute Gasteiger partial charge is 0.353 e. The Balaban J connectivity index is 1.53. The number of fused-ring (bicyclic) bond motifs is 1. The molecule has 0 aromatic carbocycles. The Hall–Kier alpha value is -1.43. The highest BCUT2D eigenvalue weighted by molar-refractivity contribution is 9.10. The summed E-state index contributed by atoms with van der Waals surface area (Å²) in [6.07, 6.45) is 8.46. The van der Waals surface area contributed by atoms with Gasteiger partial charge < -0.3 is 4.90 Å². The molecular weight excluding hydrogens is 318 g/mol. The van der Waals surface area contributed by atoms with Gasteiger partial charge in [-0.1, -0.05) is 0 Å². The number of nitrogens with zero attached hydrogens (tertiary/aromatic N) is 5. The van der Waals surface area contributed by atoms with Crippen molar-refractivity contribution >= 4 is 21.7 Å². The lowest BCUT2D eigenvalue weighted by Crippen LogP contribution is -2.22. The van der Waals surface area contributed by atoms with Crippen LogP contribution in [-0.4, -0.2) is 33.1 Å². The van der Waals surface area contributed by atoms with Crippen LogP contribution in [0.1, 0.15) is 30.1 Å². The van der Waals surface area contributed by atoms with Crippen molar-refractivity contribution in [3.8, 4) is 0 Å². The summed E-state index contributed by atoms with van der Waals surface area (Å²) in [5, 5.41) is 13.2. The lowest BCUT2D eigenvalue weighted by atomic mass is 10.2. The van der Waals surface area contributed by atoms with Gasteiger partial charge in [0.15, 0.2) is 5.82 Å². The number of hydrogen-bond donors (Lipinski definition) is 0. The molecule has 6 heteroatoms. The Morgan fingerprint density at radius 1 is 1.25 bits per heavy atom. The summed E-state index contributed by atoms with van der Waals surface area (Å²) in [5.74, 6) is 1.03. The molecule has 0 amide bonds. The lowest BCUT2D eigenvalue weighted by Gasteiger charge is -2.17. The van der Waals surface area contributed by atoms with Crippen LogP contribution in [0.15, 0.2) is 22.9 Å². The Bertz CT molecular complexity index is 638. The van der Waals surface area contributed by atoms with E-state index in [1.54, 1.807) is 0 Å². The maximum Gasteiger partial charge on any atom is 0.151 e. The number of hydrogen-bond acceptors (Lipinski definition) is 4. The third-order valence-corrected chi connectivity index (χ3v) is 4.65. The molecule has 20 heavy (non-hydrogen) atoms. The fraction of sp³-hybridized carbons (Fsp3) is 0.500. The minimum absolute atomic E-state index is 0.427. The summed E-state index contributed by atoms with van der Waals surface area (Å²) in [6, 6.07) is 2.66. The molecule has 3 heterocycles. The van der Waals surface area contributed by atoms with E-state index in [1.165, 1.54) is 17.7 Å². The van der Waals surface area contributed by atoms with Crippen LogP contribution in [0.4, 0.5) is 5.82 Å². The standard InChI is InChI=1S/C14H16BrN5/c15-11-7-16-20(8-11)12-4-5-19(9-12)14-6-10-2-1-3-13(10)17-18-14/h6-8,12H,1-5,9H2. The van der Waals surface area contributed by atoms with Crippen LogP contribution in [-0.2, 0) is 12.8 Å². The second kappa shape index (κ2) is 4.84. The highest BCUT2D eigenvalue weighted by Crippen LogP contribution is 2.28. The van der Waals surface area contributed by atoms with E-state index in [-0.39, 0.29) is 0 Å². The van der Waals surface area contributed by atoms with E-state index >= 15 is 0 Å². The van der Waals surface area contributed by atoms with Crippen LogP contribution in [0.25, 0.3) is 0 Å². The molecule has 1 atom stereocenters. The van der Waals surface area contributed by atoms with Crippen molar-refractivity contribution in [1.82, 2.24) is 20.0 Å². The summed E-state index contributed by atoms with van der Waals surface area (Å²) < 4.78 is 3.08. The second-order valence-electron chi connectivity index (χ2n) is 5.56. The SMILES string of the molecule is Brc1cnn(C2CCN(c3cc4c(nn3)CCC4)C2)c1. The van der Waals surface area contributed by atoms with Gasteiger partial charge in [0.1, 0.15) is 0 Å². The molecule has 0 saturated carbocycles. The molecule has 0 spiro atoms. The van der Waals surface area contributed by atoms with E-state index in [2.05, 4.69) is 42.2 Å². The van der Waals surface area contributed by atoms with Crippen LogP contribution in [0.5, 0.6) is 0 Å². The topological polar surface area (TPSA) is 46.8 Å². The first kappa shape index (κ1) is 12.3. The van der Waals surface area contributed by atoms with Gasteiger partial charge in [0, 0.05) is 19.3 Å². The van der Waals surface area contributed by atoms with Gasteiger partial charge in [-0.15, -0.1) is 5.10 Å². The van der Waals surface area contributed by atoms with E-state index in [0.29, 0.717) is 6.04 Å². The molecule has 1 saturated heterocycles. The Morgan fingerprint density at radius 3 is 3.05 bits per heavy atom. The quantitative estimate of drug-likeness (QED) is 0.846. The molecule has 0 N–H and O–H groups in total. The van der Waals surface area contributed by atoms with Crippen LogP contribution < -0.4 is 4.90 Å². The molecule has 2 aromatic rings. The Labute approximate surface area is 126 Å². The number of aryl methyl sites for hydroxylation is 2. The van der Waals surface area contributed by atoms with Gasteiger partial charge in [-0.25, -0.2) is 0 Å². The fourth-order valence-corrected chi connectivity index (χ4v) is 3.45. The van der Waals surface area contributed by atoms with E-state index in [0.717, 1.165) is 42.6 Å². The predicted octanol–water partition coefficient (Wildman–Crippen LogP) is 2.38. The first-order valence-electron chi connectivity index (χ1n) is 7.10. The highest BCUT2D eigenvalue weighted by atomic mass is 79.9. The van der Waals surface area contributed by atoms with Crippen molar-refractivity contribution in [1.29, 1.82) is 0 Å². The zero-order chi connectivity index (χ0) is 13.5. The molecule has 2 aliphatic rings. The summed E-state index contributed by atoms with van der Waals surface area (Å²) in [7, 11) is 0. The molecule has 5 nitrogen and oxygen atoms in total. The number of aromatic nitrogens is 4. The van der Waals surface area contributed by atoms with Crippen LogP contribution in [0, 0.1) is 0 Å². The van der Waals surface area contributed by atoms with Gasteiger partial charge in [0.2, 0.25) is 0 Å². The minimum atomic E-state index is 0.427. The van der Waals surface area contributed by atoms with E-state index in [1.807, 2.05) is 17.1 Å². The maximum absolute atomic E-state index is 4.40. The third kappa shape index (κ3) is 2.12. The van der Waals surface area contributed by atoms with Gasteiger partial charge in [-0.3, -0.25) is 4.68 Å². The van der Waals surface area contributed by atoms with E-state index < -0.39 is 0 Å². The lowest BCUT2D eigenvalue weighted by molar-refractivity contribution is 0.494. The number of rotatable bonds is 2. The van der Waals surface area contributed by atoms with Crippen LogP contribution in [0.2, 0.25) is 0 Å². The van der Waals surface area contributed by atoms with Gasteiger partial charge >= 0.3 is 0 Å². The van der Waals surface area contributed by atoms with E-state index in [4.69, 9.17) is 0 Å². The Morgan fingerprint density at radius 2 is 2.20 bits per heavy atom. The monoisotopic (exact) mass is 333 g/mol. The van der Waals surface area contributed by atoms with Crippen LogP contribution in [0.3, 0.4) is 0 Å². The molecule has 1 unspecified atom stereocenters. The predicted molar refractivity (Wildman–Crippen MR) is 79.9 cm³/mol. The van der Waals surface area contributed by atoms with Crippen molar-refractivity contribution in [3.05, 3.63) is 34.2 Å². The van der Waals surface area contributed by atoms with Crippen LogP contribution >= 0.6 is 15.9 Å². The average molecular weight is 334 g/mol. The van der Waals surface area contributed by atoms with Gasteiger partial charge in [0.25, 0.3) is 0 Å². The van der Waals surface area contributed by atoms with Crippen molar-refractivity contribution < 1.29 is 0 Å². The molecule has 0 radical (unpaired) electrons. The molecule has 104 valence electrons. The summed E-state index contributed by atoms with van der Waals surface area (Å²) in [6.45, 7) is 1.98. The number of halogens is 1. The molecule has 1 fully saturated rings. The zero-order valence-electron chi connectivity index (χ0n) is 11.2. The third-order valence-electron chi connectivity index (χ3n) is 4.24. The molecule has 0 bridgehead atoms. The molecule has 1 aliphatic heterocycles.